The molecule has 0 spiro atoms. The topological polar surface area (TPSA) is 77.6 Å². The van der Waals surface area contributed by atoms with E-state index in [0.29, 0.717) is 5.56 Å². The molecule has 0 saturated heterocycles. The second-order valence-electron chi connectivity index (χ2n) is 7.35. The number of hydrogen-bond donors (Lipinski definition) is 1. The minimum absolute atomic E-state index is 0.131. The molecule has 0 bridgehead atoms. The number of para-hydroxylation sites is 1. The normalized spacial score (nSPS) is 12.3. The molecule has 1 aromatic carbocycles. The van der Waals surface area contributed by atoms with Gasteiger partial charge in [-0.05, 0) is 39.8 Å². The van der Waals surface area contributed by atoms with Crippen LogP contribution in [0.5, 0.6) is 0 Å². The van der Waals surface area contributed by atoms with Crippen molar-refractivity contribution < 1.29 is 4.79 Å². The quantitative estimate of drug-likeness (QED) is 0.526. The Balaban J connectivity index is 1.71. The lowest BCUT2D eigenvalue weighted by Gasteiger charge is -2.15. The molecule has 154 valence electrons. The van der Waals surface area contributed by atoms with E-state index in [9.17, 15) is 4.79 Å². The molecule has 1 atom stereocenters. The van der Waals surface area contributed by atoms with E-state index < -0.39 is 0 Å². The summed E-state index contributed by atoms with van der Waals surface area (Å²) < 4.78 is 3.78. The van der Waals surface area contributed by atoms with Gasteiger partial charge < -0.3 is 5.32 Å². The molecule has 0 aliphatic rings. The minimum atomic E-state index is -0.156. The molecule has 7 nitrogen and oxygen atoms in total. The molecule has 3 aromatic heterocycles. The molecule has 0 saturated carbocycles. The predicted molar refractivity (Wildman–Crippen MR) is 117 cm³/mol. The molecule has 3 heterocycles. The van der Waals surface area contributed by atoms with Crippen molar-refractivity contribution in [3.05, 3.63) is 65.7 Å². The molecule has 30 heavy (non-hydrogen) atoms. The summed E-state index contributed by atoms with van der Waals surface area (Å²) in [5.74, 6) is -0.131. The fourth-order valence-corrected chi connectivity index (χ4v) is 3.74. The molecule has 0 aliphatic carbocycles. The highest BCUT2D eigenvalue weighted by Crippen LogP contribution is 2.26. The molecule has 0 radical (unpaired) electrons. The van der Waals surface area contributed by atoms with Gasteiger partial charge in [0.2, 0.25) is 0 Å². The molecule has 0 aliphatic heterocycles. The standard InChI is InChI=1S/C23H26N6O/c1-5-28-14-17(12-24-28)22-11-19(18-9-7-8-10-21(18)27-22)23(30)26-15(3)20-13-25-29(6-2)16(20)4/h7-15H,5-6H2,1-4H3,(H,26,30). The van der Waals surface area contributed by atoms with Gasteiger partial charge in [-0.25, -0.2) is 4.98 Å². The summed E-state index contributed by atoms with van der Waals surface area (Å²) in [6, 6.07) is 9.41. The molecule has 7 heteroatoms. The highest BCUT2D eigenvalue weighted by atomic mass is 16.1. The molecule has 4 aromatic rings. The highest BCUT2D eigenvalue weighted by Gasteiger charge is 2.19. The third-order valence-corrected chi connectivity index (χ3v) is 5.47. The number of aromatic nitrogens is 5. The Bertz CT molecular complexity index is 1210. The van der Waals surface area contributed by atoms with Crippen molar-refractivity contribution in [2.24, 2.45) is 0 Å². The first-order valence-corrected chi connectivity index (χ1v) is 10.3. The van der Waals surface area contributed by atoms with Crippen molar-refractivity contribution in [3.8, 4) is 11.3 Å². The van der Waals surface area contributed by atoms with Crippen LogP contribution in [0.2, 0.25) is 0 Å². The van der Waals surface area contributed by atoms with Crippen molar-refractivity contribution in [1.29, 1.82) is 0 Å². The van der Waals surface area contributed by atoms with Gasteiger partial charge in [-0.1, -0.05) is 18.2 Å². The van der Waals surface area contributed by atoms with E-state index in [1.54, 1.807) is 6.20 Å². The summed E-state index contributed by atoms with van der Waals surface area (Å²) in [5, 5.41) is 12.7. The van der Waals surface area contributed by atoms with Crippen LogP contribution in [0.15, 0.2) is 48.9 Å². The van der Waals surface area contributed by atoms with Gasteiger partial charge in [0.05, 0.1) is 35.2 Å². The average Bonchev–Trinajstić information content (AvgIpc) is 3.39. The van der Waals surface area contributed by atoms with Gasteiger partial charge in [-0.15, -0.1) is 0 Å². The van der Waals surface area contributed by atoms with Crippen LogP contribution in [-0.4, -0.2) is 30.5 Å². The average molecular weight is 403 g/mol. The van der Waals surface area contributed by atoms with Crippen molar-refractivity contribution >= 4 is 16.8 Å². The van der Waals surface area contributed by atoms with Gasteiger partial charge >= 0.3 is 0 Å². The summed E-state index contributed by atoms with van der Waals surface area (Å²) >= 11 is 0. The fourth-order valence-electron chi connectivity index (χ4n) is 3.74. The van der Waals surface area contributed by atoms with Gasteiger partial charge in [0.1, 0.15) is 0 Å². The monoisotopic (exact) mass is 402 g/mol. The van der Waals surface area contributed by atoms with Crippen LogP contribution >= 0.6 is 0 Å². The summed E-state index contributed by atoms with van der Waals surface area (Å²) in [6.07, 6.45) is 5.57. The van der Waals surface area contributed by atoms with Crippen LogP contribution in [0, 0.1) is 6.92 Å². The molecular formula is C23H26N6O. The Kier molecular flexibility index (Phi) is 5.35. The van der Waals surface area contributed by atoms with Crippen LogP contribution in [0.3, 0.4) is 0 Å². The van der Waals surface area contributed by atoms with Gasteiger partial charge in [0, 0.05) is 41.5 Å². The van der Waals surface area contributed by atoms with Crippen LogP contribution in [0.1, 0.15) is 48.4 Å². The lowest BCUT2D eigenvalue weighted by molar-refractivity contribution is 0.0941. The molecule has 1 N–H and O–H groups in total. The summed E-state index contributed by atoms with van der Waals surface area (Å²) in [7, 11) is 0. The Morgan fingerprint density at radius 1 is 1.13 bits per heavy atom. The number of hydrogen-bond acceptors (Lipinski definition) is 4. The number of fused-ring (bicyclic) bond motifs is 1. The predicted octanol–water partition coefficient (Wildman–Crippen LogP) is 4.13. The second kappa shape index (κ2) is 8.10. The minimum Gasteiger partial charge on any atom is -0.345 e. The van der Waals surface area contributed by atoms with Crippen LogP contribution in [-0.2, 0) is 13.1 Å². The van der Waals surface area contributed by atoms with Crippen LogP contribution in [0.4, 0.5) is 0 Å². The number of carbonyl (C=O) groups excluding carboxylic acids is 1. The zero-order valence-electron chi connectivity index (χ0n) is 17.8. The van der Waals surface area contributed by atoms with E-state index in [-0.39, 0.29) is 11.9 Å². The second-order valence-corrected chi connectivity index (χ2v) is 7.35. The highest BCUT2D eigenvalue weighted by molar-refractivity contribution is 6.07. The number of carbonyl (C=O) groups is 1. The lowest BCUT2D eigenvalue weighted by Crippen LogP contribution is -2.27. The maximum Gasteiger partial charge on any atom is 0.252 e. The molecular weight excluding hydrogens is 376 g/mol. The molecule has 0 fully saturated rings. The first-order chi connectivity index (χ1) is 14.5. The molecule has 1 amide bonds. The van der Waals surface area contributed by atoms with E-state index >= 15 is 0 Å². The van der Waals surface area contributed by atoms with E-state index in [4.69, 9.17) is 4.98 Å². The number of nitrogens with one attached hydrogen (secondary N) is 1. The molecule has 1 unspecified atom stereocenters. The summed E-state index contributed by atoms with van der Waals surface area (Å²) in [4.78, 5) is 18.0. The first-order valence-electron chi connectivity index (χ1n) is 10.3. The first kappa shape index (κ1) is 19.8. The van der Waals surface area contributed by atoms with E-state index in [1.165, 1.54) is 0 Å². The van der Waals surface area contributed by atoms with E-state index in [0.717, 1.165) is 46.5 Å². The zero-order chi connectivity index (χ0) is 21.3. The van der Waals surface area contributed by atoms with Crippen LogP contribution < -0.4 is 5.32 Å². The molecule has 4 rings (SSSR count). The number of aryl methyl sites for hydroxylation is 2. The maximum absolute atomic E-state index is 13.3. The van der Waals surface area contributed by atoms with Gasteiger partial charge in [0.25, 0.3) is 5.91 Å². The van der Waals surface area contributed by atoms with Crippen molar-refractivity contribution in [2.75, 3.05) is 0 Å². The number of pyridine rings is 1. The lowest BCUT2D eigenvalue weighted by atomic mass is 10.0. The largest absolute Gasteiger partial charge is 0.345 e. The number of rotatable bonds is 6. The number of benzene rings is 1. The van der Waals surface area contributed by atoms with E-state index in [1.807, 2.05) is 72.9 Å². The van der Waals surface area contributed by atoms with Crippen molar-refractivity contribution in [1.82, 2.24) is 29.9 Å². The SMILES string of the molecule is CCn1cc(-c2cc(C(=O)NC(C)c3cnn(CC)c3C)c3ccccc3n2)cn1. The Hall–Kier alpha value is -3.48. The van der Waals surface area contributed by atoms with Gasteiger partial charge in [-0.2, -0.15) is 10.2 Å². The number of nitrogens with zero attached hydrogens (tertiary/aromatic N) is 5. The Morgan fingerprint density at radius 3 is 2.63 bits per heavy atom. The fraction of sp³-hybridized carbons (Fsp3) is 0.304. The maximum atomic E-state index is 13.3. The summed E-state index contributed by atoms with van der Waals surface area (Å²) in [5.41, 5.74) is 5.11. The Morgan fingerprint density at radius 2 is 1.93 bits per heavy atom. The number of amides is 1. The van der Waals surface area contributed by atoms with Crippen LogP contribution in [0.25, 0.3) is 22.2 Å². The summed E-state index contributed by atoms with van der Waals surface area (Å²) in [6.45, 7) is 9.68. The zero-order valence-corrected chi connectivity index (χ0v) is 17.8. The third kappa shape index (κ3) is 3.58. The van der Waals surface area contributed by atoms with Gasteiger partial charge in [0.15, 0.2) is 0 Å². The third-order valence-electron chi connectivity index (χ3n) is 5.47. The van der Waals surface area contributed by atoms with Gasteiger partial charge in [-0.3, -0.25) is 14.2 Å². The van der Waals surface area contributed by atoms with E-state index in [2.05, 4.69) is 22.4 Å². The van der Waals surface area contributed by atoms with Crippen molar-refractivity contribution in [3.63, 3.8) is 0 Å². The Labute approximate surface area is 175 Å². The van der Waals surface area contributed by atoms with Crippen molar-refractivity contribution in [2.45, 2.75) is 46.8 Å². The smallest absolute Gasteiger partial charge is 0.252 e.